The third-order valence-corrected chi connectivity index (χ3v) is 4.75. The van der Waals surface area contributed by atoms with Gasteiger partial charge in [-0.25, -0.2) is 4.98 Å². The third kappa shape index (κ3) is 2.00. The van der Waals surface area contributed by atoms with Gasteiger partial charge in [-0.15, -0.1) is 0 Å². The summed E-state index contributed by atoms with van der Waals surface area (Å²) in [6.45, 7) is 4.17. The Balaban J connectivity index is 1.96. The molecule has 4 rings (SSSR count). The fraction of sp³-hybridized carbons (Fsp3) is 0.235. The van der Waals surface area contributed by atoms with Gasteiger partial charge in [-0.05, 0) is 59.7 Å². The van der Waals surface area contributed by atoms with E-state index >= 15 is 0 Å². The normalized spacial score (nSPS) is 20.9. The molecule has 2 atom stereocenters. The van der Waals surface area contributed by atoms with Gasteiger partial charge in [-0.2, -0.15) is 0 Å². The minimum absolute atomic E-state index is 0.0376. The topological polar surface area (TPSA) is 26.5 Å². The smallest absolute Gasteiger partial charge is 0.137 e. The predicted molar refractivity (Wildman–Crippen MR) is 90.4 cm³/mol. The maximum absolute atomic E-state index is 6.24. The average molecular weight is 390 g/mol. The van der Waals surface area contributed by atoms with Crippen LogP contribution in [-0.4, -0.2) is 9.38 Å². The number of aryl methyl sites for hydroxylation is 1. The van der Waals surface area contributed by atoms with Crippen molar-refractivity contribution in [2.24, 2.45) is 0 Å². The number of pyridine rings is 1. The van der Waals surface area contributed by atoms with E-state index in [2.05, 4.69) is 88.4 Å². The summed E-state index contributed by atoms with van der Waals surface area (Å²) in [4.78, 5) is 4.68. The zero-order chi connectivity index (χ0) is 14.6. The largest absolute Gasteiger partial charge is 0.360 e. The van der Waals surface area contributed by atoms with E-state index in [0.29, 0.717) is 0 Å². The first kappa shape index (κ1) is 13.3. The second-order valence-electron chi connectivity index (χ2n) is 5.45. The van der Waals surface area contributed by atoms with Crippen molar-refractivity contribution in [1.82, 2.24) is 9.38 Å². The van der Waals surface area contributed by atoms with Gasteiger partial charge in [0.25, 0.3) is 0 Å². The van der Waals surface area contributed by atoms with E-state index in [0.717, 1.165) is 17.0 Å². The van der Waals surface area contributed by atoms with Gasteiger partial charge in [-0.3, -0.25) is 4.40 Å². The molecule has 0 saturated carbocycles. The highest BCUT2D eigenvalue weighted by Gasteiger charge is 2.33. The van der Waals surface area contributed by atoms with Crippen molar-refractivity contribution >= 4 is 28.2 Å². The number of rotatable bonds is 1. The number of halogens is 1. The molecule has 21 heavy (non-hydrogen) atoms. The second kappa shape index (κ2) is 4.81. The maximum Gasteiger partial charge on any atom is 0.137 e. The number of hydrogen-bond donors (Lipinski definition) is 0. The summed E-state index contributed by atoms with van der Waals surface area (Å²) in [6.07, 6.45) is 2.21. The lowest BCUT2D eigenvalue weighted by Gasteiger charge is -2.13. The molecule has 3 nitrogen and oxygen atoms in total. The summed E-state index contributed by atoms with van der Waals surface area (Å²) in [5.41, 5.74) is 5.69. The molecule has 0 saturated heterocycles. The average Bonchev–Trinajstić information content (AvgIpc) is 2.96. The number of fused-ring (bicyclic) bond motifs is 2. The van der Waals surface area contributed by atoms with Gasteiger partial charge < -0.3 is 4.74 Å². The van der Waals surface area contributed by atoms with Crippen molar-refractivity contribution in [3.63, 3.8) is 0 Å². The lowest BCUT2D eigenvalue weighted by molar-refractivity contribution is 0.0423. The van der Waals surface area contributed by atoms with E-state index in [-0.39, 0.29) is 12.2 Å². The molecule has 0 fully saturated rings. The van der Waals surface area contributed by atoms with Crippen LogP contribution in [0.15, 0.2) is 42.6 Å². The van der Waals surface area contributed by atoms with Crippen LogP contribution in [0.5, 0.6) is 0 Å². The monoisotopic (exact) mass is 390 g/mol. The predicted octanol–water partition coefficient (Wildman–Crippen LogP) is 4.43. The summed E-state index contributed by atoms with van der Waals surface area (Å²) in [7, 11) is 0. The molecule has 0 spiro atoms. The molecule has 1 aliphatic rings. The zero-order valence-corrected chi connectivity index (χ0v) is 14.0. The van der Waals surface area contributed by atoms with Crippen molar-refractivity contribution in [3.05, 3.63) is 68.7 Å². The number of ether oxygens (including phenoxy) is 1. The molecule has 106 valence electrons. The Bertz CT molecular complexity index is 840. The number of benzene rings is 1. The van der Waals surface area contributed by atoms with E-state index < -0.39 is 0 Å². The van der Waals surface area contributed by atoms with E-state index in [4.69, 9.17) is 4.74 Å². The van der Waals surface area contributed by atoms with E-state index in [1.165, 1.54) is 14.7 Å². The van der Waals surface area contributed by atoms with E-state index in [1.54, 1.807) is 0 Å². The molecule has 3 heterocycles. The summed E-state index contributed by atoms with van der Waals surface area (Å²) >= 11 is 2.33. The van der Waals surface area contributed by atoms with Crippen LogP contribution < -0.4 is 0 Å². The van der Waals surface area contributed by atoms with Crippen molar-refractivity contribution in [1.29, 1.82) is 0 Å². The number of imidazole rings is 1. The third-order valence-electron chi connectivity index (χ3n) is 4.11. The SMILES string of the molecule is Cc1nc2ccc(I)cn2c1C1OC(C)c2ccccc21. The highest BCUT2D eigenvalue weighted by Crippen LogP contribution is 2.43. The number of nitrogens with zero attached hydrogens (tertiary/aromatic N) is 2. The van der Waals surface area contributed by atoms with Crippen LogP contribution in [-0.2, 0) is 4.74 Å². The molecule has 0 bridgehead atoms. The molecular formula is C17H15IN2O. The molecule has 0 amide bonds. The van der Waals surface area contributed by atoms with Gasteiger partial charge in [0.15, 0.2) is 0 Å². The van der Waals surface area contributed by atoms with Crippen molar-refractivity contribution < 1.29 is 4.74 Å². The molecule has 0 N–H and O–H groups in total. The summed E-state index contributed by atoms with van der Waals surface area (Å²) in [5, 5.41) is 0. The highest BCUT2D eigenvalue weighted by molar-refractivity contribution is 14.1. The van der Waals surface area contributed by atoms with Crippen LogP contribution in [0.1, 0.15) is 41.6 Å². The standard InChI is InChI=1S/C17H15IN2O/c1-10-16(20-9-12(18)7-8-15(20)19-10)17-14-6-4-3-5-13(14)11(2)21-17/h3-9,11,17H,1-2H3. The van der Waals surface area contributed by atoms with E-state index in [9.17, 15) is 0 Å². The van der Waals surface area contributed by atoms with E-state index in [1.807, 2.05) is 0 Å². The minimum atomic E-state index is -0.0376. The van der Waals surface area contributed by atoms with Crippen molar-refractivity contribution in [2.75, 3.05) is 0 Å². The zero-order valence-electron chi connectivity index (χ0n) is 11.9. The summed E-state index contributed by atoms with van der Waals surface area (Å²) in [6, 6.07) is 12.6. The van der Waals surface area contributed by atoms with Gasteiger partial charge in [0.1, 0.15) is 11.8 Å². The summed E-state index contributed by atoms with van der Waals surface area (Å²) in [5.74, 6) is 0. The Morgan fingerprint density at radius 1 is 1.14 bits per heavy atom. The number of aromatic nitrogens is 2. The maximum atomic E-state index is 6.24. The lowest BCUT2D eigenvalue weighted by atomic mass is 10.0. The minimum Gasteiger partial charge on any atom is -0.360 e. The summed E-state index contributed by atoms with van der Waals surface area (Å²) < 4.78 is 9.60. The highest BCUT2D eigenvalue weighted by atomic mass is 127. The van der Waals surface area contributed by atoms with Crippen LogP contribution in [0.3, 0.4) is 0 Å². The molecule has 0 radical (unpaired) electrons. The quantitative estimate of drug-likeness (QED) is 0.575. The molecular weight excluding hydrogens is 375 g/mol. The van der Waals surface area contributed by atoms with Gasteiger partial charge >= 0.3 is 0 Å². The molecule has 1 aromatic carbocycles. The van der Waals surface area contributed by atoms with Gasteiger partial charge in [-0.1, -0.05) is 24.3 Å². The molecule has 0 aliphatic carbocycles. The van der Waals surface area contributed by atoms with Gasteiger partial charge in [0.05, 0.1) is 17.5 Å². The Morgan fingerprint density at radius 3 is 2.71 bits per heavy atom. The molecule has 3 aromatic rings. The van der Waals surface area contributed by atoms with Crippen molar-refractivity contribution in [2.45, 2.75) is 26.1 Å². The molecule has 4 heteroatoms. The second-order valence-corrected chi connectivity index (χ2v) is 6.69. The Morgan fingerprint density at radius 2 is 1.90 bits per heavy atom. The first-order valence-electron chi connectivity index (χ1n) is 7.03. The molecule has 2 aromatic heterocycles. The van der Waals surface area contributed by atoms with Crippen LogP contribution in [0.4, 0.5) is 0 Å². The lowest BCUT2D eigenvalue weighted by Crippen LogP contribution is -2.05. The first-order valence-corrected chi connectivity index (χ1v) is 8.11. The number of hydrogen-bond acceptors (Lipinski definition) is 2. The van der Waals surface area contributed by atoms with Crippen LogP contribution in [0, 0.1) is 10.5 Å². The molecule has 2 unspecified atom stereocenters. The van der Waals surface area contributed by atoms with Crippen LogP contribution in [0.2, 0.25) is 0 Å². The van der Waals surface area contributed by atoms with Crippen LogP contribution >= 0.6 is 22.6 Å². The van der Waals surface area contributed by atoms with Gasteiger partial charge in [0, 0.05) is 9.77 Å². The Kier molecular flexibility index (Phi) is 3.04. The first-order chi connectivity index (χ1) is 10.1. The fourth-order valence-electron chi connectivity index (χ4n) is 3.15. The van der Waals surface area contributed by atoms with Crippen LogP contribution in [0.25, 0.3) is 5.65 Å². The van der Waals surface area contributed by atoms with Gasteiger partial charge in [0.2, 0.25) is 0 Å². The van der Waals surface area contributed by atoms with Crippen molar-refractivity contribution in [3.8, 4) is 0 Å². The Hall–Kier alpha value is -1.40. The Labute approximate surface area is 137 Å². The molecule has 1 aliphatic heterocycles. The fourth-order valence-corrected chi connectivity index (χ4v) is 3.61.